The van der Waals surface area contributed by atoms with Crippen LogP contribution in [0, 0.1) is 5.82 Å². The molecule has 1 heterocycles. The summed E-state index contributed by atoms with van der Waals surface area (Å²) in [6, 6.07) is 14.7. The zero-order valence-electron chi connectivity index (χ0n) is 15.5. The van der Waals surface area contributed by atoms with Crippen molar-refractivity contribution in [1.82, 2.24) is 4.98 Å². The van der Waals surface area contributed by atoms with Crippen LogP contribution >= 0.6 is 0 Å². The number of amides is 1. The first-order valence-corrected chi connectivity index (χ1v) is 8.57. The number of rotatable bonds is 7. The van der Waals surface area contributed by atoms with E-state index in [0.717, 1.165) is 5.56 Å². The van der Waals surface area contributed by atoms with Crippen molar-refractivity contribution in [1.29, 1.82) is 0 Å². The Bertz CT molecular complexity index is 944. The van der Waals surface area contributed by atoms with Crippen LogP contribution in [0.15, 0.2) is 60.8 Å². The molecule has 0 atom stereocenters. The van der Waals surface area contributed by atoms with Crippen LogP contribution < -0.4 is 20.1 Å². The fourth-order valence-electron chi connectivity index (χ4n) is 2.55. The molecular formula is C21H20FN3O3. The molecule has 0 unspecified atom stereocenters. The second-order valence-corrected chi connectivity index (χ2v) is 5.94. The molecule has 2 N–H and O–H groups in total. The molecule has 0 aliphatic rings. The van der Waals surface area contributed by atoms with Gasteiger partial charge in [-0.25, -0.2) is 9.37 Å². The Morgan fingerprint density at radius 2 is 1.75 bits per heavy atom. The van der Waals surface area contributed by atoms with Crippen molar-refractivity contribution in [3.05, 3.63) is 77.7 Å². The molecule has 1 amide bonds. The standard InChI is InChI=1S/C21H20FN3O3/c1-27-18-9-5-15(11-19(18)28-2)21(26)25-17-8-10-20(24-13-17)23-12-14-3-6-16(22)7-4-14/h3-11,13H,12H2,1-2H3,(H,23,24)(H,25,26). The van der Waals surface area contributed by atoms with Crippen molar-refractivity contribution < 1.29 is 18.7 Å². The Kier molecular flexibility index (Phi) is 6.06. The summed E-state index contributed by atoms with van der Waals surface area (Å²) in [6.45, 7) is 0.518. The van der Waals surface area contributed by atoms with E-state index in [9.17, 15) is 9.18 Å². The van der Waals surface area contributed by atoms with Gasteiger partial charge in [-0.2, -0.15) is 0 Å². The van der Waals surface area contributed by atoms with E-state index in [-0.39, 0.29) is 11.7 Å². The Balaban J connectivity index is 1.60. The molecule has 0 aliphatic carbocycles. The number of nitrogens with zero attached hydrogens (tertiary/aromatic N) is 1. The molecular weight excluding hydrogens is 361 g/mol. The molecule has 0 saturated heterocycles. The predicted molar refractivity (Wildman–Crippen MR) is 105 cm³/mol. The van der Waals surface area contributed by atoms with Gasteiger partial charge < -0.3 is 20.1 Å². The van der Waals surface area contributed by atoms with E-state index < -0.39 is 0 Å². The molecule has 0 spiro atoms. The van der Waals surface area contributed by atoms with E-state index in [1.807, 2.05) is 0 Å². The molecule has 3 aromatic rings. The minimum Gasteiger partial charge on any atom is -0.493 e. The number of ether oxygens (including phenoxy) is 2. The molecule has 2 aromatic carbocycles. The van der Waals surface area contributed by atoms with Crippen molar-refractivity contribution in [2.24, 2.45) is 0 Å². The van der Waals surface area contributed by atoms with E-state index in [1.165, 1.54) is 26.4 Å². The zero-order valence-corrected chi connectivity index (χ0v) is 15.5. The lowest BCUT2D eigenvalue weighted by Gasteiger charge is -2.10. The summed E-state index contributed by atoms with van der Waals surface area (Å²) in [7, 11) is 3.05. The lowest BCUT2D eigenvalue weighted by molar-refractivity contribution is 0.102. The van der Waals surface area contributed by atoms with Gasteiger partial charge in [0.15, 0.2) is 11.5 Å². The van der Waals surface area contributed by atoms with Crippen LogP contribution in [-0.2, 0) is 6.54 Å². The molecule has 7 heteroatoms. The molecule has 0 bridgehead atoms. The molecule has 0 saturated carbocycles. The molecule has 6 nitrogen and oxygen atoms in total. The SMILES string of the molecule is COc1ccc(C(=O)Nc2ccc(NCc3ccc(F)cc3)nc2)cc1OC. The average Bonchev–Trinajstić information content (AvgIpc) is 2.73. The maximum Gasteiger partial charge on any atom is 0.255 e. The summed E-state index contributed by atoms with van der Waals surface area (Å²) < 4.78 is 23.3. The monoisotopic (exact) mass is 381 g/mol. The van der Waals surface area contributed by atoms with Gasteiger partial charge >= 0.3 is 0 Å². The van der Waals surface area contributed by atoms with Gasteiger partial charge in [0.2, 0.25) is 0 Å². The van der Waals surface area contributed by atoms with E-state index in [1.54, 1.807) is 48.7 Å². The van der Waals surface area contributed by atoms with Crippen LogP contribution in [0.5, 0.6) is 11.5 Å². The summed E-state index contributed by atoms with van der Waals surface area (Å²) in [6.07, 6.45) is 1.56. The predicted octanol–water partition coefficient (Wildman–Crippen LogP) is 4.10. The normalized spacial score (nSPS) is 10.2. The van der Waals surface area contributed by atoms with Gasteiger partial charge in [-0.1, -0.05) is 12.1 Å². The smallest absolute Gasteiger partial charge is 0.255 e. The third-order valence-corrected chi connectivity index (χ3v) is 4.05. The Morgan fingerprint density at radius 3 is 2.39 bits per heavy atom. The Hall–Kier alpha value is -3.61. The first kappa shape index (κ1) is 19.2. The van der Waals surface area contributed by atoms with Gasteiger partial charge in [0.25, 0.3) is 5.91 Å². The van der Waals surface area contributed by atoms with Gasteiger partial charge in [-0.15, -0.1) is 0 Å². The number of nitrogens with one attached hydrogen (secondary N) is 2. The van der Waals surface area contributed by atoms with Crippen LogP contribution in [0.2, 0.25) is 0 Å². The third-order valence-electron chi connectivity index (χ3n) is 4.05. The lowest BCUT2D eigenvalue weighted by Crippen LogP contribution is -2.12. The molecule has 28 heavy (non-hydrogen) atoms. The van der Waals surface area contributed by atoms with Gasteiger partial charge in [0.1, 0.15) is 11.6 Å². The molecule has 3 rings (SSSR count). The Morgan fingerprint density at radius 1 is 1.00 bits per heavy atom. The Labute approximate surface area is 162 Å². The van der Waals surface area contributed by atoms with Crippen LogP contribution in [0.1, 0.15) is 15.9 Å². The van der Waals surface area contributed by atoms with E-state index in [0.29, 0.717) is 35.1 Å². The fourth-order valence-corrected chi connectivity index (χ4v) is 2.55. The van der Waals surface area contributed by atoms with Gasteiger partial charge in [-0.05, 0) is 48.0 Å². The summed E-state index contributed by atoms with van der Waals surface area (Å²) in [4.78, 5) is 16.7. The number of anilines is 2. The lowest BCUT2D eigenvalue weighted by atomic mass is 10.2. The zero-order chi connectivity index (χ0) is 19.9. The molecule has 144 valence electrons. The highest BCUT2D eigenvalue weighted by molar-refractivity contribution is 6.04. The summed E-state index contributed by atoms with van der Waals surface area (Å²) in [5.41, 5.74) is 1.94. The summed E-state index contributed by atoms with van der Waals surface area (Å²) in [5, 5.41) is 5.93. The van der Waals surface area contributed by atoms with Crippen molar-refractivity contribution in [3.63, 3.8) is 0 Å². The average molecular weight is 381 g/mol. The summed E-state index contributed by atoms with van der Waals surface area (Å²) in [5.74, 6) is 1.13. The maximum atomic E-state index is 12.9. The number of aromatic nitrogens is 1. The van der Waals surface area contributed by atoms with Gasteiger partial charge in [0, 0.05) is 12.1 Å². The highest BCUT2D eigenvalue weighted by Crippen LogP contribution is 2.27. The first-order valence-electron chi connectivity index (χ1n) is 8.57. The topological polar surface area (TPSA) is 72.5 Å². The quantitative estimate of drug-likeness (QED) is 0.645. The van der Waals surface area contributed by atoms with Gasteiger partial charge in [0.05, 0.1) is 26.1 Å². The number of methoxy groups -OCH3 is 2. The third kappa shape index (κ3) is 4.76. The van der Waals surface area contributed by atoms with Crippen LogP contribution in [0.3, 0.4) is 0 Å². The van der Waals surface area contributed by atoms with E-state index >= 15 is 0 Å². The van der Waals surface area contributed by atoms with Crippen molar-refractivity contribution in [2.75, 3.05) is 24.9 Å². The van der Waals surface area contributed by atoms with Gasteiger partial charge in [-0.3, -0.25) is 4.79 Å². The number of carbonyl (C=O) groups excluding carboxylic acids is 1. The molecule has 1 aromatic heterocycles. The number of benzene rings is 2. The van der Waals surface area contributed by atoms with Crippen LogP contribution in [-0.4, -0.2) is 25.1 Å². The maximum absolute atomic E-state index is 12.9. The van der Waals surface area contributed by atoms with E-state index in [2.05, 4.69) is 15.6 Å². The summed E-state index contributed by atoms with van der Waals surface area (Å²) >= 11 is 0. The minimum atomic E-state index is -0.283. The number of carbonyl (C=O) groups is 1. The highest BCUT2D eigenvalue weighted by Gasteiger charge is 2.11. The second-order valence-electron chi connectivity index (χ2n) is 5.94. The highest BCUT2D eigenvalue weighted by atomic mass is 19.1. The first-order chi connectivity index (χ1) is 13.6. The largest absolute Gasteiger partial charge is 0.493 e. The number of hydrogen-bond donors (Lipinski definition) is 2. The van der Waals surface area contributed by atoms with Crippen molar-refractivity contribution in [3.8, 4) is 11.5 Å². The van der Waals surface area contributed by atoms with Crippen molar-refractivity contribution in [2.45, 2.75) is 6.54 Å². The minimum absolute atomic E-state index is 0.267. The van der Waals surface area contributed by atoms with Crippen molar-refractivity contribution >= 4 is 17.4 Å². The second kappa shape index (κ2) is 8.85. The van der Waals surface area contributed by atoms with Crippen LogP contribution in [0.25, 0.3) is 0 Å². The fraction of sp³-hybridized carbons (Fsp3) is 0.143. The number of pyridine rings is 1. The molecule has 0 aliphatic heterocycles. The molecule has 0 radical (unpaired) electrons. The van der Waals surface area contributed by atoms with E-state index in [4.69, 9.17) is 9.47 Å². The van der Waals surface area contributed by atoms with Crippen LogP contribution in [0.4, 0.5) is 15.9 Å². The number of hydrogen-bond acceptors (Lipinski definition) is 5. The molecule has 0 fully saturated rings. The number of halogens is 1.